The molecule has 1 heterocycles. The van der Waals surface area contributed by atoms with E-state index in [1.807, 2.05) is 13.8 Å². The minimum Gasteiger partial charge on any atom is -0.376 e. The summed E-state index contributed by atoms with van der Waals surface area (Å²) >= 11 is 5.76. The number of carbonyl (C=O) groups is 1. The molecule has 1 amide bonds. The summed E-state index contributed by atoms with van der Waals surface area (Å²) in [5.74, 6) is 0.392. The van der Waals surface area contributed by atoms with E-state index in [2.05, 4.69) is 5.32 Å². The molecule has 1 unspecified atom stereocenters. The molecule has 1 atom stereocenters. The summed E-state index contributed by atoms with van der Waals surface area (Å²) in [4.78, 5) is 11.6. The monoisotopic (exact) mass is 235 g/mol. The molecule has 0 bridgehead atoms. The molecule has 1 saturated heterocycles. The molecule has 1 rings (SSSR count). The lowest BCUT2D eigenvalue weighted by atomic mass is 9.96. The van der Waals surface area contributed by atoms with Crippen LogP contribution in [0.3, 0.4) is 0 Å². The van der Waals surface area contributed by atoms with Crippen molar-refractivity contribution < 1.29 is 14.3 Å². The van der Waals surface area contributed by atoms with Gasteiger partial charge in [0.2, 0.25) is 0 Å². The molecule has 0 radical (unpaired) electrons. The van der Waals surface area contributed by atoms with Gasteiger partial charge in [-0.3, -0.25) is 4.79 Å². The van der Waals surface area contributed by atoms with E-state index >= 15 is 0 Å². The van der Waals surface area contributed by atoms with Gasteiger partial charge in [0.1, 0.15) is 0 Å². The molecule has 1 N–H and O–H groups in total. The lowest BCUT2D eigenvalue weighted by Gasteiger charge is -2.25. The van der Waals surface area contributed by atoms with Crippen molar-refractivity contribution in [2.75, 3.05) is 32.2 Å². The average Bonchev–Trinajstić information content (AvgIpc) is 2.27. The first-order valence-electron chi connectivity index (χ1n) is 5.08. The van der Waals surface area contributed by atoms with Crippen molar-refractivity contribution in [3.8, 4) is 0 Å². The molecule has 1 fully saturated rings. The van der Waals surface area contributed by atoms with Crippen molar-refractivity contribution >= 4 is 17.5 Å². The van der Waals surface area contributed by atoms with Crippen LogP contribution in [0.25, 0.3) is 0 Å². The normalized spacial score (nSPS) is 22.5. The summed E-state index contributed by atoms with van der Waals surface area (Å²) in [5.41, 5.74) is -0.0905. The first-order valence-corrected chi connectivity index (χ1v) is 5.62. The van der Waals surface area contributed by atoms with Gasteiger partial charge in [0, 0.05) is 12.4 Å². The molecular weight excluding hydrogens is 218 g/mol. The van der Waals surface area contributed by atoms with Crippen LogP contribution in [0.4, 0.5) is 0 Å². The summed E-state index contributed by atoms with van der Waals surface area (Å²) in [5, 5.41) is 2.82. The summed E-state index contributed by atoms with van der Waals surface area (Å²) in [6, 6.07) is 0. The van der Waals surface area contributed by atoms with Crippen molar-refractivity contribution in [3.63, 3.8) is 0 Å². The highest BCUT2D eigenvalue weighted by Gasteiger charge is 2.24. The lowest BCUT2D eigenvalue weighted by molar-refractivity contribution is -0.147. The van der Waals surface area contributed by atoms with Gasteiger partial charge < -0.3 is 14.8 Å². The van der Waals surface area contributed by atoms with E-state index in [-0.39, 0.29) is 11.3 Å². The Balaban J connectivity index is 2.28. The van der Waals surface area contributed by atoms with Gasteiger partial charge in [-0.05, 0) is 5.41 Å². The second kappa shape index (κ2) is 5.68. The maximum Gasteiger partial charge on any atom is 0.251 e. The Labute approximate surface area is 95.3 Å². The molecule has 5 heteroatoms. The first-order chi connectivity index (χ1) is 7.05. The van der Waals surface area contributed by atoms with E-state index in [0.717, 1.165) is 0 Å². The van der Waals surface area contributed by atoms with Crippen LogP contribution in [0.15, 0.2) is 0 Å². The van der Waals surface area contributed by atoms with Gasteiger partial charge in [0.25, 0.3) is 5.91 Å². The van der Waals surface area contributed by atoms with Gasteiger partial charge in [0.05, 0.1) is 19.8 Å². The van der Waals surface area contributed by atoms with E-state index in [1.54, 1.807) is 0 Å². The van der Waals surface area contributed by atoms with Crippen molar-refractivity contribution in [1.82, 2.24) is 5.32 Å². The van der Waals surface area contributed by atoms with Crippen LogP contribution in [0.5, 0.6) is 0 Å². The zero-order valence-electron chi connectivity index (χ0n) is 9.22. The van der Waals surface area contributed by atoms with Crippen LogP contribution in [0.2, 0.25) is 0 Å². The van der Waals surface area contributed by atoms with E-state index in [1.165, 1.54) is 0 Å². The van der Waals surface area contributed by atoms with Crippen LogP contribution in [-0.4, -0.2) is 44.3 Å². The van der Waals surface area contributed by atoms with Crippen molar-refractivity contribution in [2.45, 2.75) is 20.0 Å². The van der Waals surface area contributed by atoms with Crippen LogP contribution < -0.4 is 5.32 Å². The molecule has 0 spiro atoms. The number of rotatable bonds is 4. The highest BCUT2D eigenvalue weighted by molar-refractivity contribution is 6.18. The molecule has 0 aliphatic carbocycles. The second-order valence-corrected chi connectivity index (χ2v) is 4.72. The first kappa shape index (κ1) is 12.7. The van der Waals surface area contributed by atoms with Crippen molar-refractivity contribution in [2.24, 2.45) is 5.41 Å². The number of halogens is 1. The summed E-state index contributed by atoms with van der Waals surface area (Å²) in [7, 11) is 0. The van der Waals surface area contributed by atoms with Crippen molar-refractivity contribution in [3.05, 3.63) is 0 Å². The van der Waals surface area contributed by atoms with Gasteiger partial charge in [-0.25, -0.2) is 0 Å². The number of ether oxygens (including phenoxy) is 2. The van der Waals surface area contributed by atoms with E-state index < -0.39 is 6.10 Å². The smallest absolute Gasteiger partial charge is 0.251 e. The van der Waals surface area contributed by atoms with E-state index in [9.17, 15) is 4.79 Å². The second-order valence-electron chi connectivity index (χ2n) is 4.45. The number of carbonyl (C=O) groups excluding carboxylic acids is 1. The SMILES string of the molecule is CC(C)(CCl)CNC(=O)C1COCCO1. The van der Waals surface area contributed by atoms with Gasteiger partial charge >= 0.3 is 0 Å². The standard InChI is InChI=1S/C10H18ClNO3/c1-10(2,6-11)7-12-9(13)8-5-14-3-4-15-8/h8H,3-7H2,1-2H3,(H,12,13). The Bertz CT molecular complexity index is 215. The number of amides is 1. The highest BCUT2D eigenvalue weighted by Crippen LogP contribution is 2.15. The summed E-state index contributed by atoms with van der Waals surface area (Å²) in [6.07, 6.45) is -0.468. The fourth-order valence-electron chi connectivity index (χ4n) is 1.13. The number of nitrogens with one attached hydrogen (secondary N) is 1. The topological polar surface area (TPSA) is 47.6 Å². The number of alkyl halides is 1. The van der Waals surface area contributed by atoms with Crippen LogP contribution in [-0.2, 0) is 14.3 Å². The Kier molecular flexibility index (Phi) is 4.83. The van der Waals surface area contributed by atoms with Gasteiger partial charge in [-0.1, -0.05) is 13.8 Å². The third kappa shape index (κ3) is 4.36. The quantitative estimate of drug-likeness (QED) is 0.733. The van der Waals surface area contributed by atoms with Crippen LogP contribution in [0.1, 0.15) is 13.8 Å². The lowest BCUT2D eigenvalue weighted by Crippen LogP contribution is -2.45. The Morgan fingerprint density at radius 2 is 2.27 bits per heavy atom. The van der Waals surface area contributed by atoms with Gasteiger partial charge in [-0.2, -0.15) is 0 Å². The largest absolute Gasteiger partial charge is 0.376 e. The molecule has 0 aromatic heterocycles. The average molecular weight is 236 g/mol. The predicted molar refractivity (Wildman–Crippen MR) is 58.1 cm³/mol. The predicted octanol–water partition coefficient (Wildman–Crippen LogP) is 0.783. The molecule has 0 saturated carbocycles. The summed E-state index contributed by atoms with van der Waals surface area (Å²) in [6.45, 7) is 5.94. The van der Waals surface area contributed by atoms with Crippen LogP contribution in [0, 0.1) is 5.41 Å². The molecule has 0 aromatic carbocycles. The molecule has 88 valence electrons. The van der Waals surface area contributed by atoms with Gasteiger partial charge in [0.15, 0.2) is 6.10 Å². The Hall–Kier alpha value is -0.320. The highest BCUT2D eigenvalue weighted by atomic mass is 35.5. The maximum absolute atomic E-state index is 11.6. The minimum absolute atomic E-state index is 0.0905. The van der Waals surface area contributed by atoms with Crippen LogP contribution >= 0.6 is 11.6 Å². The van der Waals surface area contributed by atoms with Gasteiger partial charge in [-0.15, -0.1) is 11.6 Å². The third-order valence-corrected chi connectivity index (χ3v) is 2.93. The zero-order chi connectivity index (χ0) is 11.3. The maximum atomic E-state index is 11.6. The number of hydrogen-bond acceptors (Lipinski definition) is 3. The Morgan fingerprint density at radius 1 is 1.53 bits per heavy atom. The fourth-order valence-corrected chi connectivity index (χ4v) is 1.22. The van der Waals surface area contributed by atoms with E-state index in [4.69, 9.17) is 21.1 Å². The Morgan fingerprint density at radius 3 is 2.80 bits per heavy atom. The molecule has 1 aliphatic heterocycles. The molecule has 4 nitrogen and oxygen atoms in total. The number of hydrogen-bond donors (Lipinski definition) is 1. The van der Waals surface area contributed by atoms with Crippen molar-refractivity contribution in [1.29, 1.82) is 0 Å². The fraction of sp³-hybridized carbons (Fsp3) is 0.900. The van der Waals surface area contributed by atoms with E-state index in [0.29, 0.717) is 32.2 Å². The molecule has 0 aromatic rings. The molecule has 15 heavy (non-hydrogen) atoms. The molecule has 1 aliphatic rings. The minimum atomic E-state index is -0.468. The summed E-state index contributed by atoms with van der Waals surface area (Å²) < 4.78 is 10.4. The zero-order valence-corrected chi connectivity index (χ0v) is 9.97. The third-order valence-electron chi connectivity index (χ3n) is 2.21. The molecular formula is C10H18ClNO3.